The van der Waals surface area contributed by atoms with E-state index in [4.69, 9.17) is 8.83 Å². The average Bonchev–Trinajstić information content (AvgIpc) is 4.20. The molecule has 4 nitrogen and oxygen atoms in total. The summed E-state index contributed by atoms with van der Waals surface area (Å²) in [4.78, 5) is 4.90. The summed E-state index contributed by atoms with van der Waals surface area (Å²) in [5.74, 6) is 0. The van der Waals surface area contributed by atoms with Gasteiger partial charge in [0.05, 0.1) is 17.1 Å². The van der Waals surface area contributed by atoms with Crippen molar-refractivity contribution in [3.8, 4) is 11.1 Å². The minimum Gasteiger partial charge on any atom is -0.454 e. The van der Waals surface area contributed by atoms with Crippen LogP contribution >= 0.6 is 0 Å². The lowest BCUT2D eigenvalue weighted by molar-refractivity contribution is 0.658. The molecular formula is C71H58N2O2. The van der Waals surface area contributed by atoms with Gasteiger partial charge in [-0.3, -0.25) is 0 Å². The van der Waals surface area contributed by atoms with Gasteiger partial charge in [-0.15, -0.1) is 0 Å². The van der Waals surface area contributed by atoms with Crippen LogP contribution in [-0.4, -0.2) is 0 Å². The number of furan rings is 2. The summed E-state index contributed by atoms with van der Waals surface area (Å²) in [7, 11) is 0. The fourth-order valence-electron chi connectivity index (χ4n) is 12.7. The van der Waals surface area contributed by atoms with Crippen LogP contribution in [0.3, 0.4) is 0 Å². The van der Waals surface area contributed by atoms with Crippen molar-refractivity contribution in [2.24, 2.45) is 0 Å². The second-order valence-corrected chi connectivity index (χ2v) is 21.2. The van der Waals surface area contributed by atoms with Crippen LogP contribution < -0.4 is 9.80 Å². The Balaban J connectivity index is 0.990. The van der Waals surface area contributed by atoms with Crippen LogP contribution in [0.5, 0.6) is 0 Å². The molecule has 0 atom stereocenters. The molecule has 0 amide bonds. The average molecular weight is 971 g/mol. The van der Waals surface area contributed by atoms with Crippen LogP contribution in [0.2, 0.25) is 0 Å². The van der Waals surface area contributed by atoms with Crippen LogP contribution in [0.25, 0.3) is 87.3 Å². The molecule has 0 spiro atoms. The molecule has 0 N–H and O–H groups in total. The number of hydrogen-bond donors (Lipinski definition) is 0. The molecular weight excluding hydrogens is 913 g/mol. The largest absolute Gasteiger partial charge is 0.454 e. The van der Waals surface area contributed by atoms with Crippen LogP contribution in [-0.2, 0) is 18.3 Å². The first-order valence-corrected chi connectivity index (χ1v) is 27.0. The monoisotopic (exact) mass is 970 g/mol. The SMILES string of the molecule is CCCCc1cccc2c1oc1c(N(c3ccccc3)c3ccc4c(c3)C(C)(C)c3cc(N(c5ccccc5)c5cc6ccccc6c6c5oc5c(CCCC)cccc56)c5ccccc5c3-4)cc3ccccc3c12. The van der Waals surface area contributed by atoms with Crippen LogP contribution in [0.15, 0.2) is 215 Å². The van der Waals surface area contributed by atoms with Crippen molar-refractivity contribution >= 4 is 110 Å². The number of fused-ring (bicyclic) bond motifs is 15. The van der Waals surface area contributed by atoms with Crippen molar-refractivity contribution in [3.05, 3.63) is 229 Å². The Bertz CT molecular complexity index is 4370. The summed E-state index contributed by atoms with van der Waals surface area (Å²) in [6.07, 6.45) is 6.44. The number of anilines is 6. The fraction of sp³-hybridized carbons (Fsp3) is 0.155. The van der Waals surface area contributed by atoms with Crippen molar-refractivity contribution in [2.45, 2.75) is 71.6 Å². The number of aryl methyl sites for hydroxylation is 2. The molecule has 0 radical (unpaired) electrons. The number of benzene rings is 11. The van der Waals surface area contributed by atoms with Crippen LogP contribution in [0, 0.1) is 0 Å². The van der Waals surface area contributed by atoms with E-state index < -0.39 is 0 Å². The number of hydrogen-bond acceptors (Lipinski definition) is 4. The van der Waals surface area contributed by atoms with E-state index in [-0.39, 0.29) is 5.41 Å². The molecule has 0 saturated carbocycles. The predicted molar refractivity (Wildman–Crippen MR) is 318 cm³/mol. The first kappa shape index (κ1) is 45.0. The summed E-state index contributed by atoms with van der Waals surface area (Å²) in [5.41, 5.74) is 17.5. The molecule has 4 heteroatoms. The molecule has 14 rings (SSSR count). The fourth-order valence-corrected chi connectivity index (χ4v) is 12.7. The van der Waals surface area contributed by atoms with Gasteiger partial charge in [-0.05, 0) is 141 Å². The zero-order valence-electron chi connectivity index (χ0n) is 43.1. The molecule has 0 bridgehead atoms. The minimum absolute atomic E-state index is 0.386. The number of para-hydroxylation sites is 4. The highest BCUT2D eigenvalue weighted by Gasteiger charge is 2.39. The van der Waals surface area contributed by atoms with Gasteiger partial charge in [0.25, 0.3) is 0 Å². The number of nitrogens with zero attached hydrogens (tertiary/aromatic N) is 2. The van der Waals surface area contributed by atoms with Crippen molar-refractivity contribution in [1.82, 2.24) is 0 Å². The van der Waals surface area contributed by atoms with Gasteiger partial charge in [0.1, 0.15) is 11.2 Å². The van der Waals surface area contributed by atoms with E-state index in [1.54, 1.807) is 0 Å². The Morgan fingerprint density at radius 2 is 0.853 bits per heavy atom. The van der Waals surface area contributed by atoms with Gasteiger partial charge in [-0.25, -0.2) is 0 Å². The second-order valence-electron chi connectivity index (χ2n) is 21.2. The summed E-state index contributed by atoms with van der Waals surface area (Å²) in [6, 6.07) is 76.1. The van der Waals surface area contributed by atoms with Gasteiger partial charge in [0.15, 0.2) is 11.2 Å². The molecule has 0 fully saturated rings. The van der Waals surface area contributed by atoms with Gasteiger partial charge in [-0.1, -0.05) is 192 Å². The van der Waals surface area contributed by atoms with E-state index in [9.17, 15) is 0 Å². The molecule has 1 aliphatic rings. The maximum Gasteiger partial charge on any atom is 0.160 e. The zero-order valence-corrected chi connectivity index (χ0v) is 43.1. The van der Waals surface area contributed by atoms with Crippen molar-refractivity contribution in [3.63, 3.8) is 0 Å². The topological polar surface area (TPSA) is 32.8 Å². The van der Waals surface area contributed by atoms with E-state index in [2.05, 4.69) is 244 Å². The molecule has 364 valence electrons. The van der Waals surface area contributed by atoms with Gasteiger partial charge in [0, 0.05) is 49.4 Å². The molecule has 0 unspecified atom stereocenters. The Hall–Kier alpha value is -8.60. The third-order valence-electron chi connectivity index (χ3n) is 16.4. The Morgan fingerprint density at radius 3 is 1.41 bits per heavy atom. The highest BCUT2D eigenvalue weighted by molar-refractivity contribution is 6.25. The lowest BCUT2D eigenvalue weighted by Crippen LogP contribution is -2.18. The number of unbranched alkanes of at least 4 members (excludes halogenated alkanes) is 2. The second kappa shape index (κ2) is 17.8. The summed E-state index contributed by atoms with van der Waals surface area (Å²) >= 11 is 0. The first-order chi connectivity index (χ1) is 36.9. The normalized spacial score (nSPS) is 13.0. The maximum atomic E-state index is 7.28. The lowest BCUT2D eigenvalue weighted by Gasteiger charge is -2.30. The van der Waals surface area contributed by atoms with E-state index in [0.29, 0.717) is 0 Å². The third kappa shape index (κ3) is 7.03. The van der Waals surface area contributed by atoms with Crippen molar-refractivity contribution in [2.75, 3.05) is 9.80 Å². The Labute approximate surface area is 438 Å². The molecule has 1 aliphatic carbocycles. The van der Waals surface area contributed by atoms with Crippen LogP contribution in [0.1, 0.15) is 75.6 Å². The molecule has 2 aromatic heterocycles. The molecule has 2 heterocycles. The first-order valence-electron chi connectivity index (χ1n) is 27.0. The molecule has 75 heavy (non-hydrogen) atoms. The number of rotatable bonds is 12. The van der Waals surface area contributed by atoms with E-state index in [1.807, 2.05) is 0 Å². The zero-order chi connectivity index (χ0) is 50.4. The Kier molecular flexibility index (Phi) is 10.7. The summed E-state index contributed by atoms with van der Waals surface area (Å²) < 4.78 is 14.5. The highest BCUT2D eigenvalue weighted by atomic mass is 16.3. The van der Waals surface area contributed by atoms with Gasteiger partial charge >= 0.3 is 0 Å². The van der Waals surface area contributed by atoms with E-state index in [0.717, 1.165) is 106 Å². The van der Waals surface area contributed by atoms with E-state index >= 15 is 0 Å². The standard InChI is InChI=1S/C71H58N2O2/c1-5-7-23-45-27-21-37-57-65-52-33-17-15-25-47(52)41-62(69(65)74-67(45)57)72(49-29-11-9-12-30-49)51-39-40-56-59(43-51)71(3,4)60-44-61(54-35-19-20-36-55(54)64(56)60)73(50-31-13-10-14-32-50)63-42-48-26-16-18-34-53(48)66-58-38-22-28-46(24-8-6-2)68(58)75-70(63)66/h9-22,25-44H,5-8,23-24H2,1-4H3. The van der Waals surface area contributed by atoms with Gasteiger partial charge < -0.3 is 18.6 Å². The Morgan fingerprint density at radius 1 is 0.373 bits per heavy atom. The van der Waals surface area contributed by atoms with Crippen LogP contribution in [0.4, 0.5) is 34.1 Å². The minimum atomic E-state index is -0.386. The smallest absolute Gasteiger partial charge is 0.160 e. The lowest BCUT2D eigenvalue weighted by atomic mass is 9.81. The maximum absolute atomic E-state index is 7.28. The molecule has 0 saturated heterocycles. The van der Waals surface area contributed by atoms with E-state index in [1.165, 1.54) is 76.5 Å². The van der Waals surface area contributed by atoms with Gasteiger partial charge in [-0.2, -0.15) is 0 Å². The predicted octanol–water partition coefficient (Wildman–Crippen LogP) is 20.9. The van der Waals surface area contributed by atoms with Crippen molar-refractivity contribution in [1.29, 1.82) is 0 Å². The third-order valence-corrected chi connectivity index (χ3v) is 16.4. The van der Waals surface area contributed by atoms with Gasteiger partial charge in [0.2, 0.25) is 0 Å². The molecule has 11 aromatic carbocycles. The van der Waals surface area contributed by atoms with Crippen molar-refractivity contribution < 1.29 is 8.83 Å². The summed E-state index contributed by atoms with van der Waals surface area (Å²) in [6.45, 7) is 9.34. The molecule has 0 aliphatic heterocycles. The highest BCUT2D eigenvalue weighted by Crippen LogP contribution is 2.57. The summed E-state index contributed by atoms with van der Waals surface area (Å²) in [5, 5.41) is 11.8. The molecule has 13 aromatic rings. The quantitative estimate of drug-likeness (QED) is 0.122.